The summed E-state index contributed by atoms with van der Waals surface area (Å²) in [4.78, 5) is 27.3. The van der Waals surface area contributed by atoms with E-state index in [9.17, 15) is 9.59 Å². The van der Waals surface area contributed by atoms with E-state index >= 15 is 0 Å². The van der Waals surface area contributed by atoms with Gasteiger partial charge in [-0.25, -0.2) is 0 Å². The van der Waals surface area contributed by atoms with Crippen LogP contribution in [-0.4, -0.2) is 48.9 Å². The van der Waals surface area contributed by atoms with Gasteiger partial charge in [-0.3, -0.25) is 9.59 Å². The van der Waals surface area contributed by atoms with Crippen molar-refractivity contribution in [2.75, 3.05) is 26.2 Å². The summed E-state index contributed by atoms with van der Waals surface area (Å²) in [7, 11) is 0. The van der Waals surface area contributed by atoms with Crippen molar-refractivity contribution < 1.29 is 9.59 Å². The van der Waals surface area contributed by atoms with E-state index in [2.05, 4.69) is 10.6 Å². The van der Waals surface area contributed by atoms with E-state index in [0.29, 0.717) is 19.0 Å². The van der Waals surface area contributed by atoms with Gasteiger partial charge in [0, 0.05) is 13.1 Å². The summed E-state index contributed by atoms with van der Waals surface area (Å²) in [5.41, 5.74) is 0. The number of thiophene rings is 1. The maximum atomic E-state index is 12.5. The van der Waals surface area contributed by atoms with Gasteiger partial charge in [0.2, 0.25) is 5.91 Å². The highest BCUT2D eigenvalue weighted by molar-refractivity contribution is 7.12. The SMILES string of the molecule is Cl.O=C(NCCC1CCNC1)C1CCCN1C(=O)c1cccs1. The molecule has 0 saturated carbocycles. The Hall–Kier alpha value is -1.11. The lowest BCUT2D eigenvalue weighted by Gasteiger charge is -2.23. The molecule has 128 valence electrons. The van der Waals surface area contributed by atoms with Gasteiger partial charge >= 0.3 is 0 Å². The first-order valence-corrected chi connectivity index (χ1v) is 8.96. The standard InChI is InChI=1S/C16H23N3O2S.ClH/c20-15(18-8-6-12-5-7-17-11-12)13-3-1-9-19(13)16(21)14-4-2-10-22-14;/h2,4,10,12-13,17H,1,3,5-9,11H2,(H,18,20);1H. The number of halogens is 1. The summed E-state index contributed by atoms with van der Waals surface area (Å²) in [5, 5.41) is 8.26. The van der Waals surface area contributed by atoms with Crippen LogP contribution in [0.3, 0.4) is 0 Å². The van der Waals surface area contributed by atoms with Crippen molar-refractivity contribution in [1.29, 1.82) is 0 Å². The van der Waals surface area contributed by atoms with Crippen molar-refractivity contribution in [1.82, 2.24) is 15.5 Å². The number of carbonyl (C=O) groups is 2. The fourth-order valence-electron chi connectivity index (χ4n) is 3.30. The third-order valence-corrected chi connectivity index (χ3v) is 5.42. The van der Waals surface area contributed by atoms with Crippen LogP contribution in [0.4, 0.5) is 0 Å². The van der Waals surface area contributed by atoms with Crippen molar-refractivity contribution in [2.45, 2.75) is 31.7 Å². The molecule has 2 aliphatic rings. The summed E-state index contributed by atoms with van der Waals surface area (Å²) in [6.07, 6.45) is 3.89. The van der Waals surface area contributed by atoms with E-state index in [4.69, 9.17) is 0 Å². The number of carbonyl (C=O) groups excluding carboxylic acids is 2. The normalized spacial score (nSPS) is 23.6. The number of nitrogens with zero attached hydrogens (tertiary/aromatic N) is 1. The number of hydrogen-bond acceptors (Lipinski definition) is 4. The Balaban J connectivity index is 0.00000192. The predicted molar refractivity (Wildman–Crippen MR) is 94.2 cm³/mol. The van der Waals surface area contributed by atoms with Crippen LogP contribution < -0.4 is 10.6 Å². The van der Waals surface area contributed by atoms with E-state index in [0.717, 1.165) is 37.2 Å². The minimum Gasteiger partial charge on any atom is -0.354 e. The Morgan fingerprint density at radius 3 is 2.96 bits per heavy atom. The van der Waals surface area contributed by atoms with Crippen molar-refractivity contribution in [3.63, 3.8) is 0 Å². The van der Waals surface area contributed by atoms with Crippen molar-refractivity contribution in [3.05, 3.63) is 22.4 Å². The molecular formula is C16H24ClN3O2S. The smallest absolute Gasteiger partial charge is 0.264 e. The first-order chi connectivity index (χ1) is 10.8. The summed E-state index contributed by atoms with van der Waals surface area (Å²) in [6.45, 7) is 3.54. The Bertz CT molecular complexity index is 517. The third-order valence-electron chi connectivity index (χ3n) is 4.56. The molecule has 2 saturated heterocycles. The van der Waals surface area contributed by atoms with Crippen LogP contribution in [0.15, 0.2) is 17.5 Å². The largest absolute Gasteiger partial charge is 0.354 e. The summed E-state index contributed by atoms with van der Waals surface area (Å²) < 4.78 is 0. The van der Waals surface area contributed by atoms with E-state index in [1.165, 1.54) is 17.8 Å². The van der Waals surface area contributed by atoms with Gasteiger partial charge in [-0.05, 0) is 56.1 Å². The maximum Gasteiger partial charge on any atom is 0.264 e. The second-order valence-electron chi connectivity index (χ2n) is 6.07. The molecule has 2 amide bonds. The van der Waals surface area contributed by atoms with Crippen LogP contribution >= 0.6 is 23.7 Å². The van der Waals surface area contributed by atoms with Crippen molar-refractivity contribution in [3.8, 4) is 0 Å². The topological polar surface area (TPSA) is 61.4 Å². The molecule has 23 heavy (non-hydrogen) atoms. The maximum absolute atomic E-state index is 12.5. The molecule has 5 nitrogen and oxygen atoms in total. The Kier molecular flexibility index (Phi) is 6.87. The minimum atomic E-state index is -0.295. The number of nitrogens with one attached hydrogen (secondary N) is 2. The summed E-state index contributed by atoms with van der Waals surface area (Å²) >= 11 is 1.44. The second kappa shape index (κ2) is 8.66. The zero-order valence-corrected chi connectivity index (χ0v) is 14.8. The number of amides is 2. The molecule has 1 aromatic heterocycles. The summed E-state index contributed by atoms with van der Waals surface area (Å²) in [5.74, 6) is 0.675. The Labute approximate surface area is 147 Å². The lowest BCUT2D eigenvalue weighted by molar-refractivity contribution is -0.124. The molecule has 1 aromatic rings. The molecule has 3 rings (SSSR count). The van der Waals surface area contributed by atoms with Crippen molar-refractivity contribution in [2.24, 2.45) is 5.92 Å². The van der Waals surface area contributed by atoms with Gasteiger partial charge in [0.05, 0.1) is 4.88 Å². The lowest BCUT2D eigenvalue weighted by Crippen LogP contribution is -2.46. The molecule has 3 heterocycles. The van der Waals surface area contributed by atoms with Crippen molar-refractivity contribution >= 4 is 35.6 Å². The van der Waals surface area contributed by atoms with Gasteiger partial charge in [0.15, 0.2) is 0 Å². The molecule has 0 bridgehead atoms. The van der Waals surface area contributed by atoms with Crippen LogP contribution in [-0.2, 0) is 4.79 Å². The van der Waals surface area contributed by atoms with Crippen LogP contribution in [0.5, 0.6) is 0 Å². The Morgan fingerprint density at radius 1 is 1.39 bits per heavy atom. The molecule has 2 N–H and O–H groups in total. The van der Waals surface area contributed by atoms with E-state index in [1.54, 1.807) is 4.90 Å². The van der Waals surface area contributed by atoms with Crippen LogP contribution in [0.1, 0.15) is 35.4 Å². The first-order valence-electron chi connectivity index (χ1n) is 8.08. The molecule has 2 aliphatic heterocycles. The number of hydrogen-bond donors (Lipinski definition) is 2. The molecule has 2 unspecified atom stereocenters. The van der Waals surface area contributed by atoms with Gasteiger partial charge in [0.25, 0.3) is 5.91 Å². The van der Waals surface area contributed by atoms with Gasteiger partial charge in [0.1, 0.15) is 6.04 Å². The highest BCUT2D eigenvalue weighted by atomic mass is 35.5. The number of likely N-dealkylation sites (tertiary alicyclic amines) is 1. The fraction of sp³-hybridized carbons (Fsp3) is 0.625. The molecule has 2 fully saturated rings. The van der Waals surface area contributed by atoms with E-state index in [1.807, 2.05) is 17.5 Å². The first kappa shape index (κ1) is 18.2. The van der Waals surface area contributed by atoms with Gasteiger partial charge < -0.3 is 15.5 Å². The molecule has 0 aromatic carbocycles. The molecule has 0 aliphatic carbocycles. The highest BCUT2D eigenvalue weighted by Crippen LogP contribution is 2.22. The molecule has 0 radical (unpaired) electrons. The molecular weight excluding hydrogens is 334 g/mol. The highest BCUT2D eigenvalue weighted by Gasteiger charge is 2.34. The third kappa shape index (κ3) is 4.46. The van der Waals surface area contributed by atoms with E-state index < -0.39 is 0 Å². The van der Waals surface area contributed by atoms with Gasteiger partial charge in [-0.2, -0.15) is 0 Å². The average Bonchev–Trinajstić information content (AvgIpc) is 3.26. The van der Waals surface area contributed by atoms with Gasteiger partial charge in [-0.15, -0.1) is 23.7 Å². The minimum absolute atomic E-state index is 0. The molecule has 0 spiro atoms. The van der Waals surface area contributed by atoms with Crippen LogP contribution in [0.2, 0.25) is 0 Å². The quantitative estimate of drug-likeness (QED) is 0.846. The lowest BCUT2D eigenvalue weighted by atomic mass is 10.1. The predicted octanol–water partition coefficient (Wildman–Crippen LogP) is 1.89. The zero-order valence-electron chi connectivity index (χ0n) is 13.1. The van der Waals surface area contributed by atoms with Gasteiger partial charge in [-0.1, -0.05) is 6.07 Å². The average molecular weight is 358 g/mol. The fourth-order valence-corrected chi connectivity index (χ4v) is 3.98. The summed E-state index contributed by atoms with van der Waals surface area (Å²) in [6, 6.07) is 3.41. The van der Waals surface area contributed by atoms with E-state index in [-0.39, 0.29) is 30.3 Å². The molecule has 2 atom stereocenters. The second-order valence-corrected chi connectivity index (χ2v) is 7.02. The zero-order chi connectivity index (χ0) is 15.4. The van der Waals surface area contributed by atoms with Crippen LogP contribution in [0.25, 0.3) is 0 Å². The number of rotatable bonds is 5. The molecule has 7 heteroatoms. The Morgan fingerprint density at radius 2 is 2.26 bits per heavy atom. The van der Waals surface area contributed by atoms with Crippen LogP contribution in [0, 0.1) is 5.92 Å². The monoisotopic (exact) mass is 357 g/mol.